The first-order chi connectivity index (χ1) is 12.2. The third-order valence-corrected chi connectivity index (χ3v) is 7.54. The van der Waals surface area contributed by atoms with Crippen molar-refractivity contribution >= 4 is 5.91 Å². The van der Waals surface area contributed by atoms with Crippen LogP contribution in [-0.4, -0.2) is 34.1 Å². The second kappa shape index (κ2) is 6.09. The van der Waals surface area contributed by atoms with Crippen molar-refractivity contribution in [1.82, 2.24) is 4.90 Å². The lowest BCUT2D eigenvalue weighted by atomic mass is 9.59. The summed E-state index contributed by atoms with van der Waals surface area (Å²) >= 11 is 0. The van der Waals surface area contributed by atoms with E-state index in [1.54, 1.807) is 0 Å². The van der Waals surface area contributed by atoms with E-state index in [9.17, 15) is 9.90 Å². The number of rotatable bonds is 2. The molecule has 3 nitrogen and oxygen atoms in total. The van der Waals surface area contributed by atoms with Crippen molar-refractivity contribution in [2.75, 3.05) is 6.54 Å². The van der Waals surface area contributed by atoms with E-state index in [1.807, 2.05) is 6.92 Å². The molecule has 1 aromatic carbocycles. The molecule has 0 aromatic heterocycles. The van der Waals surface area contributed by atoms with E-state index >= 15 is 0 Å². The molecule has 0 bridgehead atoms. The van der Waals surface area contributed by atoms with Crippen LogP contribution in [0.2, 0.25) is 0 Å². The number of nitrogens with zero attached hydrogens (tertiary/aromatic N) is 1. The summed E-state index contributed by atoms with van der Waals surface area (Å²) in [5.74, 6) is 1.01. The SMILES string of the molecule is Cc1cc(C)cc([C@H]2CC[C@]3(CC2)CN(C(=O)[C@H]2C[C@@](C)(O)C2)[C@@H]3C)c1. The minimum absolute atomic E-state index is 0.0522. The molecule has 2 saturated carbocycles. The third-order valence-electron chi connectivity index (χ3n) is 7.54. The Labute approximate surface area is 157 Å². The van der Waals surface area contributed by atoms with E-state index in [0.29, 0.717) is 30.2 Å². The minimum atomic E-state index is -0.615. The average molecular weight is 356 g/mol. The topological polar surface area (TPSA) is 40.5 Å². The third kappa shape index (κ3) is 2.98. The van der Waals surface area contributed by atoms with E-state index in [2.05, 4.69) is 43.9 Å². The molecule has 1 aromatic rings. The number of carbonyl (C=O) groups excluding carboxylic acids is 1. The largest absolute Gasteiger partial charge is 0.390 e. The molecule has 0 unspecified atom stereocenters. The highest BCUT2D eigenvalue weighted by molar-refractivity contribution is 5.81. The van der Waals surface area contributed by atoms with Gasteiger partial charge in [0.25, 0.3) is 0 Å². The number of likely N-dealkylation sites (tertiary alicyclic amines) is 1. The molecule has 3 aliphatic rings. The standard InChI is InChI=1S/C23H33NO2/c1-15-9-16(2)11-19(10-15)18-5-7-23(8-6-18)14-24(17(23)3)21(25)20-12-22(4,26)13-20/h9-11,17-18,20,26H,5-8,12-14H2,1-4H3/t17-,18-,20-,22+,23-/m1/s1. The smallest absolute Gasteiger partial charge is 0.226 e. The Morgan fingerprint density at radius 2 is 1.69 bits per heavy atom. The van der Waals surface area contributed by atoms with Crippen LogP contribution in [0, 0.1) is 25.2 Å². The summed E-state index contributed by atoms with van der Waals surface area (Å²) in [5, 5.41) is 9.92. The number of benzene rings is 1. The highest BCUT2D eigenvalue weighted by atomic mass is 16.3. The summed E-state index contributed by atoms with van der Waals surface area (Å²) in [7, 11) is 0. The second-order valence-electron chi connectivity index (χ2n) is 9.80. The first-order valence-corrected chi connectivity index (χ1v) is 10.3. The van der Waals surface area contributed by atoms with Gasteiger partial charge in [0.15, 0.2) is 0 Å². The van der Waals surface area contributed by atoms with Gasteiger partial charge in [-0.2, -0.15) is 0 Å². The molecule has 26 heavy (non-hydrogen) atoms. The van der Waals surface area contributed by atoms with Crippen molar-refractivity contribution in [2.45, 2.75) is 83.8 Å². The van der Waals surface area contributed by atoms with Crippen molar-refractivity contribution < 1.29 is 9.90 Å². The van der Waals surface area contributed by atoms with E-state index in [0.717, 1.165) is 6.54 Å². The molecule has 1 saturated heterocycles. The van der Waals surface area contributed by atoms with Gasteiger partial charge in [-0.05, 0) is 77.7 Å². The van der Waals surface area contributed by atoms with Gasteiger partial charge in [0.1, 0.15) is 0 Å². The monoisotopic (exact) mass is 355 g/mol. The molecule has 1 amide bonds. The fraction of sp³-hybridized carbons (Fsp3) is 0.696. The van der Waals surface area contributed by atoms with Crippen LogP contribution in [0.3, 0.4) is 0 Å². The molecule has 142 valence electrons. The molecule has 1 atom stereocenters. The van der Waals surface area contributed by atoms with Crippen molar-refractivity contribution in [2.24, 2.45) is 11.3 Å². The normalized spacial score (nSPS) is 39.4. The number of amides is 1. The Hall–Kier alpha value is -1.35. The van der Waals surface area contributed by atoms with Gasteiger partial charge >= 0.3 is 0 Å². The Morgan fingerprint density at radius 1 is 1.12 bits per heavy atom. The van der Waals surface area contributed by atoms with Gasteiger partial charge in [-0.15, -0.1) is 0 Å². The predicted molar refractivity (Wildman–Crippen MR) is 104 cm³/mol. The maximum Gasteiger partial charge on any atom is 0.226 e. The molecular weight excluding hydrogens is 322 g/mol. The number of carbonyl (C=O) groups is 1. The van der Waals surface area contributed by atoms with Gasteiger partial charge in [0.2, 0.25) is 5.91 Å². The molecule has 1 aliphatic heterocycles. The summed E-state index contributed by atoms with van der Waals surface area (Å²) in [6.45, 7) is 9.40. The maximum absolute atomic E-state index is 12.7. The highest BCUT2D eigenvalue weighted by Gasteiger charge is 2.55. The van der Waals surface area contributed by atoms with Crippen molar-refractivity contribution in [3.8, 4) is 0 Å². The highest BCUT2D eigenvalue weighted by Crippen LogP contribution is 2.53. The molecule has 2 aliphatic carbocycles. The number of aryl methyl sites for hydroxylation is 2. The Morgan fingerprint density at radius 3 is 2.19 bits per heavy atom. The van der Waals surface area contributed by atoms with E-state index < -0.39 is 5.60 Å². The Balaban J connectivity index is 1.36. The molecule has 4 rings (SSSR count). The Kier molecular flexibility index (Phi) is 4.22. The molecular formula is C23H33NO2. The second-order valence-corrected chi connectivity index (χ2v) is 9.80. The fourth-order valence-corrected chi connectivity index (χ4v) is 5.85. The van der Waals surface area contributed by atoms with Gasteiger partial charge in [-0.25, -0.2) is 0 Å². The van der Waals surface area contributed by atoms with Crippen LogP contribution in [-0.2, 0) is 4.79 Å². The lowest BCUT2D eigenvalue weighted by molar-refractivity contribution is -0.174. The molecule has 1 spiro atoms. The summed E-state index contributed by atoms with van der Waals surface area (Å²) in [4.78, 5) is 14.8. The lowest BCUT2D eigenvalue weighted by Gasteiger charge is -2.60. The van der Waals surface area contributed by atoms with Gasteiger partial charge < -0.3 is 10.0 Å². The maximum atomic E-state index is 12.7. The Bertz CT molecular complexity index is 687. The molecule has 0 radical (unpaired) electrons. The van der Waals surface area contributed by atoms with Gasteiger partial charge in [0, 0.05) is 23.9 Å². The van der Waals surface area contributed by atoms with Crippen molar-refractivity contribution in [1.29, 1.82) is 0 Å². The van der Waals surface area contributed by atoms with E-state index in [-0.39, 0.29) is 11.8 Å². The van der Waals surface area contributed by atoms with Crippen molar-refractivity contribution in [3.63, 3.8) is 0 Å². The van der Waals surface area contributed by atoms with Crippen LogP contribution in [0.1, 0.15) is 75.0 Å². The molecule has 3 heteroatoms. The predicted octanol–water partition coefficient (Wildman–Crippen LogP) is 4.34. The molecule has 3 fully saturated rings. The van der Waals surface area contributed by atoms with Gasteiger partial charge in [-0.3, -0.25) is 4.79 Å². The van der Waals surface area contributed by atoms with Crippen LogP contribution in [0.4, 0.5) is 0 Å². The number of hydrogen-bond donors (Lipinski definition) is 1. The minimum Gasteiger partial charge on any atom is -0.390 e. The summed E-state index contributed by atoms with van der Waals surface area (Å²) in [6, 6.07) is 7.33. The summed E-state index contributed by atoms with van der Waals surface area (Å²) in [6.07, 6.45) is 6.23. The average Bonchev–Trinajstić information content (AvgIpc) is 2.56. The van der Waals surface area contributed by atoms with E-state index in [4.69, 9.17) is 0 Å². The first kappa shape index (κ1) is 18.0. The lowest BCUT2D eigenvalue weighted by Crippen LogP contribution is -2.68. The molecule has 1 N–H and O–H groups in total. The zero-order chi connectivity index (χ0) is 18.7. The van der Waals surface area contributed by atoms with Crippen LogP contribution < -0.4 is 0 Å². The summed E-state index contributed by atoms with van der Waals surface area (Å²) in [5.41, 5.74) is 3.97. The van der Waals surface area contributed by atoms with Crippen LogP contribution in [0.15, 0.2) is 18.2 Å². The zero-order valence-corrected chi connectivity index (χ0v) is 16.7. The quantitative estimate of drug-likeness (QED) is 0.857. The van der Waals surface area contributed by atoms with E-state index in [1.165, 1.54) is 42.4 Å². The fourth-order valence-electron chi connectivity index (χ4n) is 5.85. The van der Waals surface area contributed by atoms with Crippen molar-refractivity contribution in [3.05, 3.63) is 34.9 Å². The number of aliphatic hydroxyl groups is 1. The van der Waals surface area contributed by atoms with Crippen LogP contribution in [0.25, 0.3) is 0 Å². The van der Waals surface area contributed by atoms with Gasteiger partial charge in [0.05, 0.1) is 5.60 Å². The molecule has 1 heterocycles. The van der Waals surface area contributed by atoms with Gasteiger partial charge in [-0.1, -0.05) is 29.3 Å². The summed E-state index contributed by atoms with van der Waals surface area (Å²) < 4.78 is 0. The zero-order valence-electron chi connectivity index (χ0n) is 16.7. The van der Waals surface area contributed by atoms with Crippen LogP contribution >= 0.6 is 0 Å². The number of hydrogen-bond acceptors (Lipinski definition) is 2. The first-order valence-electron chi connectivity index (χ1n) is 10.3. The van der Waals surface area contributed by atoms with Crippen LogP contribution in [0.5, 0.6) is 0 Å².